The summed E-state index contributed by atoms with van der Waals surface area (Å²) in [5, 5.41) is 6.03. The van der Waals surface area contributed by atoms with Crippen molar-refractivity contribution in [2.45, 2.75) is 25.8 Å². The molecule has 0 radical (unpaired) electrons. The molecule has 0 N–H and O–H groups in total. The predicted octanol–water partition coefficient (Wildman–Crippen LogP) is 5.24. The first kappa shape index (κ1) is 15.3. The van der Waals surface area contributed by atoms with Gasteiger partial charge in [-0.3, -0.25) is 9.67 Å². The van der Waals surface area contributed by atoms with E-state index in [1.165, 1.54) is 24.2 Å². The number of para-hydroxylation sites is 1. The van der Waals surface area contributed by atoms with Crippen molar-refractivity contribution in [3.05, 3.63) is 72.3 Å². The molecule has 3 heterocycles. The van der Waals surface area contributed by atoms with Crippen molar-refractivity contribution >= 4 is 10.9 Å². The second-order valence-electron chi connectivity index (χ2n) is 6.73. The number of aryl methyl sites for hydroxylation is 1. The van der Waals surface area contributed by atoms with E-state index in [4.69, 9.17) is 5.10 Å². The Balaban J connectivity index is 1.82. The van der Waals surface area contributed by atoms with Crippen molar-refractivity contribution < 1.29 is 4.39 Å². The summed E-state index contributed by atoms with van der Waals surface area (Å²) in [6, 6.07) is 16.9. The van der Waals surface area contributed by atoms with E-state index in [0.29, 0.717) is 0 Å². The fraction of sp³-hybridized carbons (Fsp3) is 0.182. The second kappa shape index (κ2) is 6.06. The van der Waals surface area contributed by atoms with Gasteiger partial charge in [0.2, 0.25) is 0 Å². The number of benzene rings is 2. The summed E-state index contributed by atoms with van der Waals surface area (Å²) in [7, 11) is 0. The fourth-order valence-corrected chi connectivity index (χ4v) is 3.90. The molecule has 128 valence electrons. The molecule has 0 unspecified atom stereocenters. The highest BCUT2D eigenvalue weighted by molar-refractivity contribution is 5.98. The summed E-state index contributed by atoms with van der Waals surface area (Å²) in [4.78, 5) is 4.50. The van der Waals surface area contributed by atoms with Gasteiger partial charge in [-0.1, -0.05) is 18.2 Å². The average Bonchev–Trinajstić information content (AvgIpc) is 3.07. The highest BCUT2D eigenvalue weighted by Crippen LogP contribution is 2.39. The SMILES string of the molecule is Fc1ccc(-c2nn3c(c2-c2ccnc4ccccc24)CCCC3)cc1. The zero-order chi connectivity index (χ0) is 17.5. The van der Waals surface area contributed by atoms with Gasteiger partial charge in [0.05, 0.1) is 5.52 Å². The smallest absolute Gasteiger partial charge is 0.123 e. The largest absolute Gasteiger partial charge is 0.268 e. The van der Waals surface area contributed by atoms with Crippen LogP contribution in [0.4, 0.5) is 4.39 Å². The normalized spacial score (nSPS) is 13.7. The molecule has 3 nitrogen and oxygen atoms in total. The molecule has 0 saturated heterocycles. The summed E-state index contributed by atoms with van der Waals surface area (Å²) in [6.07, 6.45) is 5.19. The van der Waals surface area contributed by atoms with Gasteiger partial charge in [-0.15, -0.1) is 0 Å². The third-order valence-electron chi connectivity index (χ3n) is 5.13. The van der Waals surface area contributed by atoms with Crippen molar-refractivity contribution in [3.8, 4) is 22.4 Å². The van der Waals surface area contributed by atoms with E-state index >= 15 is 0 Å². The summed E-state index contributed by atoms with van der Waals surface area (Å²) in [5.41, 5.74) is 6.44. The Morgan fingerprint density at radius 3 is 2.65 bits per heavy atom. The van der Waals surface area contributed by atoms with Gasteiger partial charge in [-0.2, -0.15) is 5.10 Å². The number of hydrogen-bond donors (Lipinski definition) is 0. The van der Waals surface area contributed by atoms with Gasteiger partial charge in [-0.05, 0) is 61.2 Å². The zero-order valence-corrected chi connectivity index (χ0v) is 14.3. The highest BCUT2D eigenvalue weighted by atomic mass is 19.1. The topological polar surface area (TPSA) is 30.7 Å². The molecule has 0 spiro atoms. The first-order chi connectivity index (χ1) is 12.8. The van der Waals surface area contributed by atoms with E-state index in [1.54, 1.807) is 0 Å². The Morgan fingerprint density at radius 2 is 1.77 bits per heavy atom. The Kier molecular flexibility index (Phi) is 3.56. The Morgan fingerprint density at radius 1 is 0.923 bits per heavy atom. The molecule has 1 aliphatic rings. The Bertz CT molecular complexity index is 1090. The van der Waals surface area contributed by atoms with Crippen LogP contribution in [0.1, 0.15) is 18.5 Å². The van der Waals surface area contributed by atoms with Gasteiger partial charge in [0.15, 0.2) is 0 Å². The van der Waals surface area contributed by atoms with E-state index in [2.05, 4.69) is 21.8 Å². The number of hydrogen-bond acceptors (Lipinski definition) is 2. The second-order valence-corrected chi connectivity index (χ2v) is 6.73. The molecule has 4 heteroatoms. The third-order valence-corrected chi connectivity index (χ3v) is 5.13. The molecular formula is C22H18FN3. The van der Waals surface area contributed by atoms with Crippen LogP contribution in [0, 0.1) is 5.82 Å². The summed E-state index contributed by atoms with van der Waals surface area (Å²) in [6.45, 7) is 0.937. The summed E-state index contributed by atoms with van der Waals surface area (Å²) >= 11 is 0. The lowest BCUT2D eigenvalue weighted by Crippen LogP contribution is -2.11. The number of aromatic nitrogens is 3. The van der Waals surface area contributed by atoms with Crippen LogP contribution in [0.2, 0.25) is 0 Å². The molecular weight excluding hydrogens is 325 g/mol. The van der Waals surface area contributed by atoms with Crippen molar-refractivity contribution in [1.29, 1.82) is 0 Å². The monoisotopic (exact) mass is 343 g/mol. The van der Waals surface area contributed by atoms with E-state index in [0.717, 1.165) is 52.7 Å². The molecule has 1 aliphatic heterocycles. The Labute approximate surface area is 151 Å². The predicted molar refractivity (Wildman–Crippen MR) is 101 cm³/mol. The van der Waals surface area contributed by atoms with Gasteiger partial charge < -0.3 is 0 Å². The van der Waals surface area contributed by atoms with E-state index in [1.807, 2.05) is 36.5 Å². The third kappa shape index (κ3) is 2.41. The number of fused-ring (bicyclic) bond motifs is 2. The number of pyridine rings is 1. The van der Waals surface area contributed by atoms with Crippen LogP contribution in [-0.4, -0.2) is 14.8 Å². The standard InChI is InChI=1S/C22H18FN3/c23-16-10-8-15(9-11-16)22-21(20-7-3-4-14-26(20)25-22)18-12-13-24-19-6-2-1-5-17(18)19/h1-2,5-6,8-13H,3-4,7,14H2. The molecule has 0 bridgehead atoms. The van der Waals surface area contributed by atoms with E-state index < -0.39 is 0 Å². The average molecular weight is 343 g/mol. The molecule has 26 heavy (non-hydrogen) atoms. The summed E-state index contributed by atoms with van der Waals surface area (Å²) in [5.74, 6) is -0.228. The lowest BCUT2D eigenvalue weighted by atomic mass is 9.93. The van der Waals surface area contributed by atoms with Crippen LogP contribution >= 0.6 is 0 Å². The van der Waals surface area contributed by atoms with Crippen molar-refractivity contribution in [1.82, 2.24) is 14.8 Å². The number of nitrogens with zero attached hydrogens (tertiary/aromatic N) is 3. The number of halogens is 1. The van der Waals surface area contributed by atoms with Gasteiger partial charge in [-0.25, -0.2) is 4.39 Å². The van der Waals surface area contributed by atoms with Crippen LogP contribution < -0.4 is 0 Å². The molecule has 0 amide bonds. The molecule has 4 aromatic rings. The molecule has 2 aromatic carbocycles. The fourth-order valence-electron chi connectivity index (χ4n) is 3.90. The maximum absolute atomic E-state index is 13.4. The first-order valence-corrected chi connectivity index (χ1v) is 9.01. The van der Waals surface area contributed by atoms with Crippen LogP contribution in [0.15, 0.2) is 60.8 Å². The first-order valence-electron chi connectivity index (χ1n) is 9.01. The van der Waals surface area contributed by atoms with Crippen LogP contribution in [0.5, 0.6) is 0 Å². The van der Waals surface area contributed by atoms with E-state index in [9.17, 15) is 4.39 Å². The van der Waals surface area contributed by atoms with Gasteiger partial charge in [0.25, 0.3) is 0 Å². The lowest BCUT2D eigenvalue weighted by molar-refractivity contribution is 0.487. The molecule has 2 aromatic heterocycles. The van der Waals surface area contributed by atoms with E-state index in [-0.39, 0.29) is 5.82 Å². The van der Waals surface area contributed by atoms with Crippen LogP contribution in [-0.2, 0) is 13.0 Å². The van der Waals surface area contributed by atoms with Gasteiger partial charge >= 0.3 is 0 Å². The van der Waals surface area contributed by atoms with Crippen LogP contribution in [0.3, 0.4) is 0 Å². The van der Waals surface area contributed by atoms with Crippen LogP contribution in [0.25, 0.3) is 33.3 Å². The highest BCUT2D eigenvalue weighted by Gasteiger charge is 2.23. The molecule has 5 rings (SSSR count). The molecule has 0 aliphatic carbocycles. The minimum atomic E-state index is -0.228. The van der Waals surface area contributed by atoms with Crippen molar-refractivity contribution in [2.75, 3.05) is 0 Å². The summed E-state index contributed by atoms with van der Waals surface area (Å²) < 4.78 is 15.6. The maximum atomic E-state index is 13.4. The lowest BCUT2D eigenvalue weighted by Gasteiger charge is -2.15. The minimum absolute atomic E-state index is 0.228. The Hall–Kier alpha value is -3.01. The zero-order valence-electron chi connectivity index (χ0n) is 14.3. The maximum Gasteiger partial charge on any atom is 0.123 e. The molecule has 0 saturated carbocycles. The van der Waals surface area contributed by atoms with Crippen molar-refractivity contribution in [2.24, 2.45) is 0 Å². The molecule has 0 fully saturated rings. The van der Waals surface area contributed by atoms with Gasteiger partial charge in [0.1, 0.15) is 11.5 Å². The quantitative estimate of drug-likeness (QED) is 0.498. The van der Waals surface area contributed by atoms with Gasteiger partial charge in [0, 0.05) is 34.9 Å². The number of rotatable bonds is 2. The van der Waals surface area contributed by atoms with Crippen molar-refractivity contribution in [3.63, 3.8) is 0 Å². The minimum Gasteiger partial charge on any atom is -0.268 e. The molecule has 0 atom stereocenters.